The molecule has 1 heterocycles. The molecule has 1 rings (SSSR count). The van der Waals surface area contributed by atoms with Crippen LogP contribution in [0.15, 0.2) is 17.5 Å². The molecule has 3 N–H and O–H groups in total. The predicted molar refractivity (Wildman–Crippen MR) is 51.0 cm³/mol. The van der Waals surface area contributed by atoms with Gasteiger partial charge in [-0.15, -0.1) is 11.3 Å². The standard InChI is InChI=1S/C8H14N2S/c1-7(5-9)6-10-8-3-2-4-11-8/h2-4,7,10H,5-6,9H2,1H3. The van der Waals surface area contributed by atoms with Crippen LogP contribution >= 0.6 is 11.3 Å². The molecule has 1 aromatic rings. The topological polar surface area (TPSA) is 38.0 Å². The Labute approximate surface area is 71.4 Å². The molecule has 0 saturated heterocycles. The Hall–Kier alpha value is -0.540. The summed E-state index contributed by atoms with van der Waals surface area (Å²) in [5.74, 6) is 0.553. The molecule has 0 aromatic carbocycles. The molecule has 0 aliphatic heterocycles. The van der Waals surface area contributed by atoms with E-state index in [2.05, 4.69) is 23.7 Å². The van der Waals surface area contributed by atoms with Crippen molar-refractivity contribution in [3.63, 3.8) is 0 Å². The Morgan fingerprint density at radius 2 is 2.55 bits per heavy atom. The van der Waals surface area contributed by atoms with Crippen molar-refractivity contribution in [3.05, 3.63) is 17.5 Å². The van der Waals surface area contributed by atoms with Gasteiger partial charge in [-0.25, -0.2) is 0 Å². The minimum Gasteiger partial charge on any atom is -0.377 e. The zero-order chi connectivity index (χ0) is 8.10. The van der Waals surface area contributed by atoms with E-state index in [1.54, 1.807) is 11.3 Å². The first-order valence-electron chi connectivity index (χ1n) is 3.80. The molecule has 3 heteroatoms. The number of thiophene rings is 1. The van der Waals surface area contributed by atoms with E-state index in [1.165, 1.54) is 5.00 Å². The highest BCUT2D eigenvalue weighted by atomic mass is 32.1. The van der Waals surface area contributed by atoms with E-state index in [0.29, 0.717) is 5.92 Å². The monoisotopic (exact) mass is 170 g/mol. The molecule has 62 valence electrons. The summed E-state index contributed by atoms with van der Waals surface area (Å²) < 4.78 is 0. The van der Waals surface area contributed by atoms with Crippen molar-refractivity contribution < 1.29 is 0 Å². The Morgan fingerprint density at radius 1 is 1.73 bits per heavy atom. The summed E-state index contributed by atoms with van der Waals surface area (Å²) in [4.78, 5) is 0. The van der Waals surface area contributed by atoms with Crippen LogP contribution in [0.3, 0.4) is 0 Å². The minimum absolute atomic E-state index is 0.553. The summed E-state index contributed by atoms with van der Waals surface area (Å²) in [6.07, 6.45) is 0. The number of rotatable bonds is 4. The first-order chi connectivity index (χ1) is 5.33. The first kappa shape index (κ1) is 8.56. The second kappa shape index (κ2) is 4.36. The lowest BCUT2D eigenvalue weighted by Crippen LogP contribution is -2.19. The maximum absolute atomic E-state index is 5.47. The summed E-state index contributed by atoms with van der Waals surface area (Å²) in [6.45, 7) is 3.86. The van der Waals surface area contributed by atoms with Gasteiger partial charge in [0.25, 0.3) is 0 Å². The van der Waals surface area contributed by atoms with Crippen LogP contribution in [0.25, 0.3) is 0 Å². The van der Waals surface area contributed by atoms with E-state index in [4.69, 9.17) is 5.73 Å². The van der Waals surface area contributed by atoms with E-state index in [9.17, 15) is 0 Å². The van der Waals surface area contributed by atoms with Crippen LogP contribution < -0.4 is 11.1 Å². The van der Waals surface area contributed by atoms with Crippen LogP contribution in [0, 0.1) is 5.92 Å². The molecule has 0 aliphatic carbocycles. The number of hydrogen-bond acceptors (Lipinski definition) is 3. The molecular weight excluding hydrogens is 156 g/mol. The van der Waals surface area contributed by atoms with Gasteiger partial charge in [-0.1, -0.05) is 6.92 Å². The van der Waals surface area contributed by atoms with Crippen LogP contribution in [-0.2, 0) is 0 Å². The van der Waals surface area contributed by atoms with Gasteiger partial charge >= 0.3 is 0 Å². The van der Waals surface area contributed by atoms with Crippen LogP contribution in [0.5, 0.6) is 0 Å². The van der Waals surface area contributed by atoms with Gasteiger partial charge in [-0.2, -0.15) is 0 Å². The third-order valence-corrected chi connectivity index (χ3v) is 2.38. The molecule has 2 nitrogen and oxygen atoms in total. The van der Waals surface area contributed by atoms with E-state index >= 15 is 0 Å². The average Bonchev–Trinajstić information content (AvgIpc) is 2.52. The summed E-state index contributed by atoms with van der Waals surface area (Å²) in [6, 6.07) is 4.12. The molecule has 0 bridgehead atoms. The smallest absolute Gasteiger partial charge is 0.0882 e. The highest BCUT2D eigenvalue weighted by Crippen LogP contribution is 2.14. The van der Waals surface area contributed by atoms with Gasteiger partial charge in [0.15, 0.2) is 0 Å². The summed E-state index contributed by atoms with van der Waals surface area (Å²) in [7, 11) is 0. The summed E-state index contributed by atoms with van der Waals surface area (Å²) >= 11 is 1.72. The third-order valence-electron chi connectivity index (χ3n) is 1.55. The molecule has 1 atom stereocenters. The van der Waals surface area contributed by atoms with Gasteiger partial charge in [0, 0.05) is 6.54 Å². The molecule has 0 radical (unpaired) electrons. The maximum atomic E-state index is 5.47. The fourth-order valence-corrected chi connectivity index (χ4v) is 1.36. The maximum Gasteiger partial charge on any atom is 0.0882 e. The Balaban J connectivity index is 2.23. The van der Waals surface area contributed by atoms with Crippen molar-refractivity contribution in [1.29, 1.82) is 0 Å². The van der Waals surface area contributed by atoms with Crippen molar-refractivity contribution in [2.45, 2.75) is 6.92 Å². The van der Waals surface area contributed by atoms with Crippen LogP contribution in [0.1, 0.15) is 6.92 Å². The summed E-state index contributed by atoms with van der Waals surface area (Å²) in [5, 5.41) is 6.61. The largest absolute Gasteiger partial charge is 0.377 e. The van der Waals surface area contributed by atoms with Crippen molar-refractivity contribution in [2.75, 3.05) is 18.4 Å². The lowest BCUT2D eigenvalue weighted by Gasteiger charge is -2.08. The molecule has 1 unspecified atom stereocenters. The lowest BCUT2D eigenvalue weighted by molar-refractivity contribution is 0.629. The van der Waals surface area contributed by atoms with Crippen molar-refractivity contribution in [1.82, 2.24) is 0 Å². The minimum atomic E-state index is 0.553. The molecule has 0 spiro atoms. The third kappa shape index (κ3) is 2.91. The first-order valence-corrected chi connectivity index (χ1v) is 4.68. The Bertz CT molecular complexity index is 184. The molecule has 0 saturated carbocycles. The summed E-state index contributed by atoms with van der Waals surface area (Å²) in [5.41, 5.74) is 5.47. The van der Waals surface area contributed by atoms with Gasteiger partial charge in [-0.05, 0) is 30.0 Å². The second-order valence-corrected chi connectivity index (χ2v) is 3.65. The van der Waals surface area contributed by atoms with E-state index in [1.807, 2.05) is 6.07 Å². The van der Waals surface area contributed by atoms with Crippen LogP contribution in [0.2, 0.25) is 0 Å². The Kier molecular flexibility index (Phi) is 3.39. The van der Waals surface area contributed by atoms with Gasteiger partial charge < -0.3 is 11.1 Å². The molecular formula is C8H14N2S. The molecule has 11 heavy (non-hydrogen) atoms. The fourth-order valence-electron chi connectivity index (χ4n) is 0.737. The van der Waals surface area contributed by atoms with Crippen molar-refractivity contribution >= 4 is 16.3 Å². The van der Waals surface area contributed by atoms with Gasteiger partial charge in [0.05, 0.1) is 5.00 Å². The van der Waals surface area contributed by atoms with Gasteiger partial charge in [0.1, 0.15) is 0 Å². The number of hydrogen-bond donors (Lipinski definition) is 2. The zero-order valence-electron chi connectivity index (χ0n) is 6.71. The van der Waals surface area contributed by atoms with Crippen LogP contribution in [-0.4, -0.2) is 13.1 Å². The molecule has 0 aliphatic rings. The highest BCUT2D eigenvalue weighted by molar-refractivity contribution is 7.14. The quantitative estimate of drug-likeness (QED) is 0.722. The number of nitrogens with one attached hydrogen (secondary N) is 1. The van der Waals surface area contributed by atoms with E-state index in [-0.39, 0.29) is 0 Å². The SMILES string of the molecule is CC(CN)CNc1cccs1. The highest BCUT2D eigenvalue weighted by Gasteiger charge is 1.97. The van der Waals surface area contributed by atoms with Crippen molar-refractivity contribution in [3.8, 4) is 0 Å². The lowest BCUT2D eigenvalue weighted by atomic mass is 10.2. The van der Waals surface area contributed by atoms with E-state index < -0.39 is 0 Å². The number of nitrogens with two attached hydrogens (primary N) is 1. The average molecular weight is 170 g/mol. The van der Waals surface area contributed by atoms with Gasteiger partial charge in [-0.3, -0.25) is 0 Å². The normalized spacial score (nSPS) is 12.9. The van der Waals surface area contributed by atoms with Crippen molar-refractivity contribution in [2.24, 2.45) is 11.7 Å². The second-order valence-electron chi connectivity index (χ2n) is 2.70. The predicted octanol–water partition coefficient (Wildman–Crippen LogP) is 1.75. The Morgan fingerprint density at radius 3 is 3.09 bits per heavy atom. The molecule has 0 amide bonds. The number of anilines is 1. The fraction of sp³-hybridized carbons (Fsp3) is 0.500. The van der Waals surface area contributed by atoms with E-state index in [0.717, 1.165) is 13.1 Å². The molecule has 0 fully saturated rings. The zero-order valence-corrected chi connectivity index (χ0v) is 7.53. The molecule has 1 aromatic heterocycles. The van der Waals surface area contributed by atoms with Crippen LogP contribution in [0.4, 0.5) is 5.00 Å². The van der Waals surface area contributed by atoms with Gasteiger partial charge in [0.2, 0.25) is 0 Å².